The molecule has 1 heterocycles. The Morgan fingerprint density at radius 1 is 1.16 bits per heavy atom. The number of aromatic nitrogens is 2. The smallest absolute Gasteiger partial charge is 0.110 e. The van der Waals surface area contributed by atoms with Gasteiger partial charge in [0.05, 0.1) is 0 Å². The second-order valence-electron chi connectivity index (χ2n) is 5.82. The number of H-pyrrole nitrogens is 1. The van der Waals surface area contributed by atoms with Gasteiger partial charge < -0.3 is 10.3 Å². The first-order valence-corrected chi connectivity index (χ1v) is 7.22. The molecule has 3 heteroatoms. The highest BCUT2D eigenvalue weighted by Crippen LogP contribution is 2.32. The Labute approximate surface area is 113 Å². The minimum Gasteiger partial charge on any atom is -0.345 e. The van der Waals surface area contributed by atoms with E-state index in [4.69, 9.17) is 0 Å². The van der Waals surface area contributed by atoms with E-state index in [2.05, 4.69) is 39.6 Å². The maximum absolute atomic E-state index is 4.58. The van der Waals surface area contributed by atoms with Crippen LogP contribution in [0.4, 0.5) is 0 Å². The standard InChI is InChI=1S/C16H19N3/c1-2-4-12-8-13(7-11(12)3-1)16-18-10-15(19-16)9-17-14-5-6-14/h1-4,10,13-14,17H,5-9H2,(H,18,19). The zero-order chi connectivity index (χ0) is 12.7. The molecular formula is C16H19N3. The summed E-state index contributed by atoms with van der Waals surface area (Å²) in [6, 6.07) is 9.51. The number of nitrogens with zero attached hydrogens (tertiary/aromatic N) is 1. The molecule has 4 rings (SSSR count). The number of imidazole rings is 1. The second-order valence-corrected chi connectivity index (χ2v) is 5.82. The van der Waals surface area contributed by atoms with Crippen LogP contribution in [0.25, 0.3) is 0 Å². The van der Waals surface area contributed by atoms with Crippen LogP contribution in [0.15, 0.2) is 30.5 Å². The summed E-state index contributed by atoms with van der Waals surface area (Å²) in [6.07, 6.45) is 6.91. The van der Waals surface area contributed by atoms with Gasteiger partial charge in [-0.05, 0) is 36.8 Å². The highest BCUT2D eigenvalue weighted by molar-refractivity contribution is 5.35. The minimum absolute atomic E-state index is 0.534. The molecular weight excluding hydrogens is 234 g/mol. The van der Waals surface area contributed by atoms with Gasteiger partial charge >= 0.3 is 0 Å². The lowest BCUT2D eigenvalue weighted by Crippen LogP contribution is -2.15. The molecule has 2 aromatic rings. The maximum Gasteiger partial charge on any atom is 0.110 e. The van der Waals surface area contributed by atoms with Crippen molar-refractivity contribution in [3.05, 3.63) is 53.1 Å². The van der Waals surface area contributed by atoms with E-state index in [1.54, 1.807) is 0 Å². The number of fused-ring (bicyclic) bond motifs is 1. The molecule has 2 aliphatic carbocycles. The molecule has 0 amide bonds. The molecule has 1 fully saturated rings. The summed E-state index contributed by atoms with van der Waals surface area (Å²) in [6.45, 7) is 0.928. The lowest BCUT2D eigenvalue weighted by atomic mass is 10.1. The Kier molecular flexibility index (Phi) is 2.66. The van der Waals surface area contributed by atoms with Crippen molar-refractivity contribution in [2.45, 2.75) is 44.2 Å². The lowest BCUT2D eigenvalue weighted by Gasteiger charge is -2.04. The zero-order valence-corrected chi connectivity index (χ0v) is 11.0. The molecule has 1 saturated carbocycles. The molecule has 0 unspecified atom stereocenters. The van der Waals surface area contributed by atoms with E-state index in [0.29, 0.717) is 5.92 Å². The predicted molar refractivity (Wildman–Crippen MR) is 75.0 cm³/mol. The van der Waals surface area contributed by atoms with Crippen LogP contribution in [0, 0.1) is 0 Å². The largest absolute Gasteiger partial charge is 0.345 e. The molecule has 0 spiro atoms. The van der Waals surface area contributed by atoms with Crippen LogP contribution in [0.1, 0.15) is 41.4 Å². The summed E-state index contributed by atoms with van der Waals surface area (Å²) >= 11 is 0. The summed E-state index contributed by atoms with van der Waals surface area (Å²) in [5, 5.41) is 3.52. The Morgan fingerprint density at radius 3 is 2.58 bits per heavy atom. The van der Waals surface area contributed by atoms with Gasteiger partial charge in [0.1, 0.15) is 5.82 Å². The predicted octanol–water partition coefficient (Wildman–Crippen LogP) is 2.54. The number of benzene rings is 1. The van der Waals surface area contributed by atoms with Crippen molar-refractivity contribution < 1.29 is 0 Å². The van der Waals surface area contributed by atoms with E-state index in [9.17, 15) is 0 Å². The first-order chi connectivity index (χ1) is 9.38. The monoisotopic (exact) mass is 253 g/mol. The van der Waals surface area contributed by atoms with Crippen molar-refractivity contribution in [3.63, 3.8) is 0 Å². The summed E-state index contributed by atoms with van der Waals surface area (Å²) in [5.74, 6) is 1.69. The van der Waals surface area contributed by atoms with Gasteiger partial charge in [-0.3, -0.25) is 0 Å². The van der Waals surface area contributed by atoms with Crippen molar-refractivity contribution in [2.75, 3.05) is 0 Å². The fraction of sp³-hybridized carbons (Fsp3) is 0.438. The lowest BCUT2D eigenvalue weighted by molar-refractivity contribution is 0.662. The van der Waals surface area contributed by atoms with Crippen molar-refractivity contribution in [3.8, 4) is 0 Å². The van der Waals surface area contributed by atoms with Gasteiger partial charge in [0.25, 0.3) is 0 Å². The van der Waals surface area contributed by atoms with Crippen molar-refractivity contribution >= 4 is 0 Å². The summed E-state index contributed by atoms with van der Waals surface area (Å²) in [7, 11) is 0. The van der Waals surface area contributed by atoms with Gasteiger partial charge in [-0.25, -0.2) is 4.98 Å². The van der Waals surface area contributed by atoms with Gasteiger partial charge in [0.15, 0.2) is 0 Å². The summed E-state index contributed by atoms with van der Waals surface area (Å²) in [4.78, 5) is 8.08. The van der Waals surface area contributed by atoms with Gasteiger partial charge in [-0.2, -0.15) is 0 Å². The highest BCUT2D eigenvalue weighted by atomic mass is 15.0. The van der Waals surface area contributed by atoms with Crippen LogP contribution in [-0.4, -0.2) is 16.0 Å². The van der Waals surface area contributed by atoms with E-state index in [0.717, 1.165) is 31.3 Å². The number of rotatable bonds is 4. The molecule has 2 aliphatic rings. The molecule has 0 bridgehead atoms. The molecule has 0 radical (unpaired) electrons. The van der Waals surface area contributed by atoms with Crippen LogP contribution in [0.3, 0.4) is 0 Å². The minimum atomic E-state index is 0.534. The molecule has 3 nitrogen and oxygen atoms in total. The average molecular weight is 253 g/mol. The van der Waals surface area contributed by atoms with E-state index in [-0.39, 0.29) is 0 Å². The maximum atomic E-state index is 4.58. The molecule has 0 atom stereocenters. The van der Waals surface area contributed by atoms with Crippen molar-refractivity contribution in [1.29, 1.82) is 0 Å². The van der Waals surface area contributed by atoms with E-state index in [1.165, 1.54) is 29.7 Å². The Bertz CT molecular complexity index is 558. The second kappa shape index (κ2) is 4.49. The normalized spacial score (nSPS) is 18.7. The molecule has 1 aromatic carbocycles. The van der Waals surface area contributed by atoms with E-state index < -0.39 is 0 Å². The first-order valence-electron chi connectivity index (χ1n) is 7.22. The van der Waals surface area contributed by atoms with Crippen LogP contribution in [0.2, 0.25) is 0 Å². The zero-order valence-electron chi connectivity index (χ0n) is 11.0. The molecule has 0 aliphatic heterocycles. The van der Waals surface area contributed by atoms with Crippen LogP contribution in [0.5, 0.6) is 0 Å². The quantitative estimate of drug-likeness (QED) is 0.879. The number of hydrogen-bond acceptors (Lipinski definition) is 2. The number of hydrogen-bond donors (Lipinski definition) is 2. The van der Waals surface area contributed by atoms with Crippen LogP contribution in [-0.2, 0) is 19.4 Å². The summed E-state index contributed by atoms with van der Waals surface area (Å²) < 4.78 is 0. The molecule has 0 saturated heterocycles. The first kappa shape index (κ1) is 11.2. The van der Waals surface area contributed by atoms with Crippen molar-refractivity contribution in [2.24, 2.45) is 0 Å². The fourth-order valence-electron chi connectivity index (χ4n) is 2.97. The SMILES string of the molecule is c1ccc2c(c1)CC(c1ncc(CNC3CC3)[nH]1)C2. The molecule has 19 heavy (non-hydrogen) atoms. The molecule has 98 valence electrons. The number of nitrogens with one attached hydrogen (secondary N) is 2. The molecule has 1 aromatic heterocycles. The van der Waals surface area contributed by atoms with Gasteiger partial charge in [-0.15, -0.1) is 0 Å². The van der Waals surface area contributed by atoms with E-state index >= 15 is 0 Å². The number of aromatic amines is 1. The van der Waals surface area contributed by atoms with E-state index in [1.807, 2.05) is 6.20 Å². The Morgan fingerprint density at radius 2 is 1.89 bits per heavy atom. The van der Waals surface area contributed by atoms with Crippen LogP contribution >= 0.6 is 0 Å². The third-order valence-electron chi connectivity index (χ3n) is 4.24. The Balaban J connectivity index is 1.45. The Hall–Kier alpha value is -1.61. The van der Waals surface area contributed by atoms with Gasteiger partial charge in [0, 0.05) is 30.4 Å². The van der Waals surface area contributed by atoms with Crippen molar-refractivity contribution in [1.82, 2.24) is 15.3 Å². The molecule has 2 N–H and O–H groups in total. The van der Waals surface area contributed by atoms with Gasteiger partial charge in [0.2, 0.25) is 0 Å². The van der Waals surface area contributed by atoms with Gasteiger partial charge in [-0.1, -0.05) is 24.3 Å². The highest BCUT2D eigenvalue weighted by Gasteiger charge is 2.25. The topological polar surface area (TPSA) is 40.7 Å². The average Bonchev–Trinajstić information content (AvgIpc) is 2.99. The van der Waals surface area contributed by atoms with Crippen LogP contribution < -0.4 is 5.32 Å². The third kappa shape index (κ3) is 2.30. The third-order valence-corrected chi connectivity index (χ3v) is 4.24. The fourth-order valence-corrected chi connectivity index (χ4v) is 2.97. The summed E-state index contributed by atoms with van der Waals surface area (Å²) in [5.41, 5.74) is 4.20.